The summed E-state index contributed by atoms with van der Waals surface area (Å²) < 4.78 is 70.9. The van der Waals surface area contributed by atoms with E-state index >= 15 is 0 Å². The molecule has 0 spiro atoms. The molecule has 11 heteroatoms. The third-order valence-corrected chi connectivity index (χ3v) is 2.15. The van der Waals surface area contributed by atoms with E-state index in [0.29, 0.717) is 6.61 Å². The molecule has 0 aliphatic rings. The van der Waals surface area contributed by atoms with Crippen LogP contribution in [0.4, 0.5) is 27.8 Å². The standard InChI is InChI=1S/C10H13F5N4O2/c1-2-20-4-7-17-6(19-16)3-8(18-7)21-5-9(11,12)10(13,14)15/h3H,2,4-5,16H2,1H3,(H,17,18,19). The minimum Gasteiger partial charge on any atom is -0.471 e. The Labute approximate surface area is 116 Å². The number of ether oxygens (including phenoxy) is 2. The first-order valence-electron chi connectivity index (χ1n) is 5.69. The van der Waals surface area contributed by atoms with Crippen LogP contribution in [0.15, 0.2) is 6.07 Å². The molecule has 3 N–H and O–H groups in total. The molecule has 1 aromatic heterocycles. The Balaban J connectivity index is 2.83. The summed E-state index contributed by atoms with van der Waals surface area (Å²) in [7, 11) is 0. The van der Waals surface area contributed by atoms with Crippen molar-refractivity contribution in [3.63, 3.8) is 0 Å². The number of nitrogen functional groups attached to an aromatic ring is 1. The van der Waals surface area contributed by atoms with Crippen molar-refractivity contribution in [2.24, 2.45) is 5.84 Å². The Kier molecular flexibility index (Phi) is 5.61. The first kappa shape index (κ1) is 17.3. The third-order valence-electron chi connectivity index (χ3n) is 2.15. The van der Waals surface area contributed by atoms with Crippen LogP contribution in [0, 0.1) is 0 Å². The lowest BCUT2D eigenvalue weighted by Crippen LogP contribution is -2.41. The van der Waals surface area contributed by atoms with E-state index in [2.05, 4.69) is 20.1 Å². The summed E-state index contributed by atoms with van der Waals surface area (Å²) in [5.41, 5.74) is 2.12. The first-order valence-corrected chi connectivity index (χ1v) is 5.69. The molecule has 0 saturated carbocycles. The lowest BCUT2D eigenvalue weighted by Gasteiger charge is -2.19. The predicted octanol–water partition coefficient (Wildman–Crippen LogP) is 1.88. The number of halogens is 5. The average Bonchev–Trinajstić information content (AvgIpc) is 2.41. The highest BCUT2D eigenvalue weighted by Gasteiger charge is 2.58. The number of hydrogen-bond donors (Lipinski definition) is 2. The van der Waals surface area contributed by atoms with Crippen LogP contribution in [-0.4, -0.2) is 35.3 Å². The number of nitrogens with two attached hydrogens (primary N) is 1. The molecule has 0 aliphatic heterocycles. The number of nitrogens with one attached hydrogen (secondary N) is 1. The molecule has 0 saturated heterocycles. The molecule has 21 heavy (non-hydrogen) atoms. The zero-order valence-electron chi connectivity index (χ0n) is 10.9. The lowest BCUT2D eigenvalue weighted by molar-refractivity contribution is -0.290. The van der Waals surface area contributed by atoms with Crippen molar-refractivity contribution in [3.05, 3.63) is 11.9 Å². The van der Waals surface area contributed by atoms with Gasteiger partial charge in [-0.2, -0.15) is 26.9 Å². The maximum atomic E-state index is 12.7. The lowest BCUT2D eigenvalue weighted by atomic mass is 10.3. The van der Waals surface area contributed by atoms with E-state index in [1.54, 1.807) is 6.92 Å². The van der Waals surface area contributed by atoms with Crippen LogP contribution >= 0.6 is 0 Å². The quantitative estimate of drug-likeness (QED) is 0.454. The molecule has 1 aromatic rings. The predicted molar refractivity (Wildman–Crippen MR) is 61.7 cm³/mol. The SMILES string of the molecule is CCOCc1nc(NN)cc(OCC(F)(F)C(F)(F)F)n1. The van der Waals surface area contributed by atoms with Gasteiger partial charge in [0, 0.05) is 12.7 Å². The molecule has 0 fully saturated rings. The van der Waals surface area contributed by atoms with Crippen molar-refractivity contribution >= 4 is 5.82 Å². The molecule has 1 rings (SSSR count). The van der Waals surface area contributed by atoms with E-state index in [1.807, 2.05) is 0 Å². The van der Waals surface area contributed by atoms with E-state index in [1.165, 1.54) is 0 Å². The summed E-state index contributed by atoms with van der Waals surface area (Å²) in [6.07, 6.45) is -5.71. The second-order valence-corrected chi connectivity index (χ2v) is 3.78. The van der Waals surface area contributed by atoms with Crippen molar-refractivity contribution in [3.8, 4) is 5.88 Å². The number of hydrazine groups is 1. The van der Waals surface area contributed by atoms with E-state index in [0.717, 1.165) is 6.07 Å². The average molecular weight is 316 g/mol. The Morgan fingerprint density at radius 1 is 1.24 bits per heavy atom. The van der Waals surface area contributed by atoms with Crippen molar-refractivity contribution < 1.29 is 31.4 Å². The molecule has 0 aromatic carbocycles. The molecule has 0 bridgehead atoms. The molecule has 6 nitrogen and oxygen atoms in total. The van der Waals surface area contributed by atoms with Crippen LogP contribution < -0.4 is 16.0 Å². The molecule has 1 heterocycles. The summed E-state index contributed by atoms with van der Waals surface area (Å²) >= 11 is 0. The topological polar surface area (TPSA) is 82.3 Å². The molecule has 0 aliphatic carbocycles. The highest BCUT2D eigenvalue weighted by atomic mass is 19.4. The van der Waals surface area contributed by atoms with Gasteiger partial charge >= 0.3 is 12.1 Å². The van der Waals surface area contributed by atoms with Gasteiger partial charge in [0.15, 0.2) is 12.4 Å². The number of aromatic nitrogens is 2. The first-order chi connectivity index (χ1) is 9.69. The molecule has 0 amide bonds. The maximum absolute atomic E-state index is 12.7. The van der Waals surface area contributed by atoms with Gasteiger partial charge in [0.25, 0.3) is 0 Å². The zero-order valence-corrected chi connectivity index (χ0v) is 10.9. The molecular weight excluding hydrogens is 303 g/mol. The van der Waals surface area contributed by atoms with Gasteiger partial charge in [0.2, 0.25) is 5.88 Å². The normalized spacial score (nSPS) is 12.3. The highest BCUT2D eigenvalue weighted by Crippen LogP contribution is 2.35. The number of alkyl halides is 5. The number of nitrogens with zero attached hydrogens (tertiary/aromatic N) is 2. The maximum Gasteiger partial charge on any atom is 0.456 e. The Bertz CT molecular complexity index is 469. The molecular formula is C10H13F5N4O2. The minimum atomic E-state index is -5.71. The number of anilines is 1. The molecule has 0 unspecified atom stereocenters. The fraction of sp³-hybridized carbons (Fsp3) is 0.600. The Morgan fingerprint density at radius 2 is 1.90 bits per heavy atom. The summed E-state index contributed by atoms with van der Waals surface area (Å²) in [6, 6.07) is 0.988. The Morgan fingerprint density at radius 3 is 2.43 bits per heavy atom. The second kappa shape index (κ2) is 6.80. The van der Waals surface area contributed by atoms with Crippen LogP contribution in [0.2, 0.25) is 0 Å². The van der Waals surface area contributed by atoms with Gasteiger partial charge in [-0.15, -0.1) is 0 Å². The fourth-order valence-electron chi connectivity index (χ4n) is 1.12. The van der Waals surface area contributed by atoms with Gasteiger partial charge in [-0.05, 0) is 6.92 Å². The minimum absolute atomic E-state index is 0.00923. The molecule has 120 valence electrons. The summed E-state index contributed by atoms with van der Waals surface area (Å²) in [5, 5.41) is 0. The van der Waals surface area contributed by atoms with E-state index < -0.39 is 24.6 Å². The molecule has 0 radical (unpaired) electrons. The molecule has 0 atom stereocenters. The number of rotatable bonds is 7. The van der Waals surface area contributed by atoms with E-state index in [4.69, 9.17) is 10.6 Å². The van der Waals surface area contributed by atoms with E-state index in [9.17, 15) is 22.0 Å². The highest BCUT2D eigenvalue weighted by molar-refractivity contribution is 5.36. The number of hydrogen-bond acceptors (Lipinski definition) is 6. The van der Waals surface area contributed by atoms with Crippen LogP contribution in [0.5, 0.6) is 5.88 Å². The van der Waals surface area contributed by atoms with Crippen molar-refractivity contribution in [1.29, 1.82) is 0 Å². The van der Waals surface area contributed by atoms with E-state index in [-0.39, 0.29) is 18.2 Å². The Hall–Kier alpha value is -1.75. The van der Waals surface area contributed by atoms with Gasteiger partial charge < -0.3 is 14.9 Å². The van der Waals surface area contributed by atoms with Crippen LogP contribution in [0.25, 0.3) is 0 Å². The van der Waals surface area contributed by atoms with Crippen molar-refractivity contribution in [2.45, 2.75) is 25.6 Å². The van der Waals surface area contributed by atoms with Crippen LogP contribution in [0.3, 0.4) is 0 Å². The monoisotopic (exact) mass is 316 g/mol. The smallest absolute Gasteiger partial charge is 0.456 e. The summed E-state index contributed by atoms with van der Waals surface area (Å²) in [6.45, 7) is 0.0714. The fourth-order valence-corrected chi connectivity index (χ4v) is 1.12. The summed E-state index contributed by atoms with van der Waals surface area (Å²) in [4.78, 5) is 7.47. The summed E-state index contributed by atoms with van der Waals surface area (Å²) in [5.74, 6) is -0.348. The third kappa shape index (κ3) is 4.93. The van der Waals surface area contributed by atoms with Crippen LogP contribution in [-0.2, 0) is 11.3 Å². The van der Waals surface area contributed by atoms with Gasteiger partial charge in [0.05, 0.1) is 0 Å². The van der Waals surface area contributed by atoms with Crippen LogP contribution in [0.1, 0.15) is 12.7 Å². The van der Waals surface area contributed by atoms with Gasteiger partial charge in [0.1, 0.15) is 12.4 Å². The second-order valence-electron chi connectivity index (χ2n) is 3.78. The van der Waals surface area contributed by atoms with Crippen molar-refractivity contribution in [1.82, 2.24) is 9.97 Å². The zero-order chi connectivity index (χ0) is 16.1. The van der Waals surface area contributed by atoms with Gasteiger partial charge in [-0.25, -0.2) is 10.8 Å². The van der Waals surface area contributed by atoms with Crippen molar-refractivity contribution in [2.75, 3.05) is 18.6 Å². The van der Waals surface area contributed by atoms with Gasteiger partial charge in [-0.1, -0.05) is 0 Å². The van der Waals surface area contributed by atoms with Gasteiger partial charge in [-0.3, -0.25) is 0 Å². The largest absolute Gasteiger partial charge is 0.471 e.